The van der Waals surface area contributed by atoms with Crippen LogP contribution in [0.4, 0.5) is 4.79 Å². The van der Waals surface area contributed by atoms with Gasteiger partial charge in [-0.15, -0.1) is 11.8 Å². The largest absolute Gasteiger partial charge is 0.444 e. The van der Waals surface area contributed by atoms with Gasteiger partial charge in [-0.1, -0.05) is 18.2 Å². The maximum atomic E-state index is 12.2. The Hall–Kier alpha value is -1.20. The average molecular weight is 377 g/mol. The summed E-state index contributed by atoms with van der Waals surface area (Å²) < 4.78 is 5.47. The number of nitrogens with zero attached hydrogens (tertiary/aromatic N) is 1. The summed E-state index contributed by atoms with van der Waals surface area (Å²) in [5.74, 6) is 1.78. The fraction of sp³-hybridized carbons (Fsp3) is 0.667. The average Bonchev–Trinajstić information content (AvgIpc) is 3.19. The van der Waals surface area contributed by atoms with Crippen molar-refractivity contribution in [3.8, 4) is 0 Å². The normalized spacial score (nSPS) is 23.8. The molecule has 26 heavy (non-hydrogen) atoms. The molecule has 1 saturated carbocycles. The Morgan fingerprint density at radius 2 is 2.08 bits per heavy atom. The van der Waals surface area contributed by atoms with Gasteiger partial charge in [0.15, 0.2) is 0 Å². The Balaban J connectivity index is 1.52. The van der Waals surface area contributed by atoms with Gasteiger partial charge in [0.05, 0.1) is 0 Å². The molecule has 4 nitrogen and oxygen atoms in total. The highest BCUT2D eigenvalue weighted by atomic mass is 32.2. The molecule has 1 N–H and O–H groups in total. The van der Waals surface area contributed by atoms with Crippen LogP contribution in [0, 0.1) is 5.92 Å². The number of benzene rings is 1. The van der Waals surface area contributed by atoms with Gasteiger partial charge in [-0.25, -0.2) is 4.79 Å². The van der Waals surface area contributed by atoms with Gasteiger partial charge in [-0.2, -0.15) is 0 Å². The predicted octanol–water partition coefficient (Wildman–Crippen LogP) is 4.55. The van der Waals surface area contributed by atoms with Crippen LogP contribution in [0.2, 0.25) is 0 Å². The van der Waals surface area contributed by atoms with Gasteiger partial charge in [0.1, 0.15) is 5.60 Å². The van der Waals surface area contributed by atoms with Crippen LogP contribution in [0.5, 0.6) is 0 Å². The first-order chi connectivity index (χ1) is 12.4. The van der Waals surface area contributed by atoms with Crippen molar-refractivity contribution >= 4 is 17.9 Å². The van der Waals surface area contributed by atoms with Gasteiger partial charge in [0.2, 0.25) is 0 Å². The molecular formula is C21H32N2O2S. The number of rotatable bonds is 7. The molecule has 2 bridgehead atoms. The summed E-state index contributed by atoms with van der Waals surface area (Å²) in [6.07, 6.45) is 4.81. The van der Waals surface area contributed by atoms with E-state index >= 15 is 0 Å². The van der Waals surface area contributed by atoms with E-state index in [2.05, 4.69) is 34.5 Å². The molecule has 1 aliphatic carbocycles. The highest BCUT2D eigenvalue weighted by molar-refractivity contribution is 7.99. The van der Waals surface area contributed by atoms with Crippen molar-refractivity contribution in [3.63, 3.8) is 0 Å². The minimum atomic E-state index is -0.463. The lowest BCUT2D eigenvalue weighted by Crippen LogP contribution is -2.43. The molecular weight excluding hydrogens is 344 g/mol. The summed E-state index contributed by atoms with van der Waals surface area (Å²) in [6.45, 7) is 8.02. The van der Waals surface area contributed by atoms with E-state index in [1.54, 1.807) is 11.8 Å². The van der Waals surface area contributed by atoms with Crippen molar-refractivity contribution in [2.75, 3.05) is 18.8 Å². The molecule has 2 aliphatic rings. The first-order valence-electron chi connectivity index (χ1n) is 9.80. The lowest BCUT2D eigenvalue weighted by molar-refractivity contribution is 0.0503. The second-order valence-corrected chi connectivity index (χ2v) is 9.68. The first kappa shape index (κ1) is 19.6. The molecule has 2 unspecified atom stereocenters. The Labute approximate surface area is 162 Å². The van der Waals surface area contributed by atoms with Crippen molar-refractivity contribution in [1.82, 2.24) is 10.2 Å². The smallest absolute Gasteiger partial charge is 0.407 e. The maximum Gasteiger partial charge on any atom is 0.407 e. The Kier molecular flexibility index (Phi) is 6.51. The second-order valence-electron chi connectivity index (χ2n) is 8.58. The molecule has 1 aromatic rings. The summed E-state index contributed by atoms with van der Waals surface area (Å²) in [4.78, 5) is 16.1. The summed E-state index contributed by atoms with van der Waals surface area (Å²) >= 11 is 1.80. The standard InChI is InChI=1S/C21H32N2O2S/c1-21(2,3)25-20(24)22-17(15-26-19-7-5-4-6-8-19)11-12-23-14-16-9-10-18(23)13-16/h4-8,16-18H,9-15H2,1-3H3,(H,22,24)/t16?,17-,18?/m1/s1. The van der Waals surface area contributed by atoms with Crippen LogP contribution >= 0.6 is 11.8 Å². The highest BCUT2D eigenvalue weighted by Gasteiger charge is 2.37. The predicted molar refractivity (Wildman–Crippen MR) is 108 cm³/mol. The minimum Gasteiger partial charge on any atom is -0.444 e. The number of piperidine rings is 1. The summed E-state index contributed by atoms with van der Waals surface area (Å²) in [6, 6.07) is 11.3. The van der Waals surface area contributed by atoms with Gasteiger partial charge in [-0.05, 0) is 64.5 Å². The van der Waals surface area contributed by atoms with Crippen molar-refractivity contribution in [2.45, 2.75) is 69.0 Å². The van der Waals surface area contributed by atoms with Crippen molar-refractivity contribution in [2.24, 2.45) is 5.92 Å². The van der Waals surface area contributed by atoms with Crippen molar-refractivity contribution in [1.29, 1.82) is 0 Å². The lowest BCUT2D eigenvalue weighted by Gasteiger charge is -2.29. The number of alkyl carbamates (subject to hydrolysis) is 1. The second kappa shape index (κ2) is 8.66. The summed E-state index contributed by atoms with van der Waals surface area (Å²) in [5.41, 5.74) is -0.463. The van der Waals surface area contributed by atoms with Crippen LogP contribution in [0.3, 0.4) is 0 Å². The highest BCUT2D eigenvalue weighted by Crippen LogP contribution is 2.37. The number of carbonyl (C=O) groups excluding carboxylic acids is 1. The third-order valence-corrected chi connectivity index (χ3v) is 6.38. The van der Waals surface area contributed by atoms with Crippen LogP contribution in [0.1, 0.15) is 46.5 Å². The molecule has 1 amide bonds. The van der Waals surface area contributed by atoms with Gasteiger partial charge in [0.25, 0.3) is 0 Å². The number of hydrogen-bond acceptors (Lipinski definition) is 4. The zero-order valence-corrected chi connectivity index (χ0v) is 17.1. The molecule has 0 aromatic heterocycles. The van der Waals surface area contributed by atoms with Crippen LogP contribution < -0.4 is 5.32 Å². The van der Waals surface area contributed by atoms with Crippen LogP contribution in [0.15, 0.2) is 35.2 Å². The van der Waals surface area contributed by atoms with E-state index in [1.165, 1.54) is 30.7 Å². The first-order valence-corrected chi connectivity index (χ1v) is 10.8. The number of fused-ring (bicyclic) bond motifs is 2. The molecule has 2 fully saturated rings. The molecule has 144 valence electrons. The van der Waals surface area contributed by atoms with Gasteiger partial charge < -0.3 is 15.0 Å². The van der Waals surface area contributed by atoms with E-state index < -0.39 is 5.60 Å². The molecule has 1 heterocycles. The quantitative estimate of drug-likeness (QED) is 0.709. The van der Waals surface area contributed by atoms with Crippen LogP contribution in [0.25, 0.3) is 0 Å². The molecule has 3 atom stereocenters. The molecule has 1 saturated heterocycles. The van der Waals surface area contributed by atoms with E-state index in [0.29, 0.717) is 0 Å². The van der Waals surface area contributed by atoms with E-state index in [1.807, 2.05) is 26.8 Å². The number of amides is 1. The molecule has 1 aromatic carbocycles. The molecule has 0 spiro atoms. The molecule has 5 heteroatoms. The van der Waals surface area contributed by atoms with Gasteiger partial charge in [-0.3, -0.25) is 0 Å². The van der Waals surface area contributed by atoms with Crippen LogP contribution in [-0.4, -0.2) is 47.5 Å². The van der Waals surface area contributed by atoms with Gasteiger partial charge >= 0.3 is 6.09 Å². The number of hydrogen-bond donors (Lipinski definition) is 1. The Morgan fingerprint density at radius 3 is 2.69 bits per heavy atom. The third kappa shape index (κ3) is 5.92. The lowest BCUT2D eigenvalue weighted by atomic mass is 10.1. The van der Waals surface area contributed by atoms with Crippen molar-refractivity contribution < 1.29 is 9.53 Å². The third-order valence-electron chi connectivity index (χ3n) is 5.20. The summed E-state index contributed by atoms with van der Waals surface area (Å²) in [7, 11) is 0. The van der Waals surface area contributed by atoms with Gasteiger partial charge in [0, 0.05) is 35.8 Å². The number of likely N-dealkylation sites (tertiary alicyclic amines) is 1. The number of ether oxygens (including phenoxy) is 1. The van der Waals surface area contributed by atoms with Crippen molar-refractivity contribution in [3.05, 3.63) is 30.3 Å². The number of thioether (sulfide) groups is 1. The summed E-state index contributed by atoms with van der Waals surface area (Å²) in [5, 5.41) is 3.10. The SMILES string of the molecule is CC(C)(C)OC(=O)N[C@H](CCN1CC2CCC1C2)CSc1ccccc1. The maximum absolute atomic E-state index is 12.2. The fourth-order valence-electron chi connectivity index (χ4n) is 4.01. The Morgan fingerprint density at radius 1 is 1.31 bits per heavy atom. The molecule has 1 aliphatic heterocycles. The minimum absolute atomic E-state index is 0.120. The van der Waals surface area contributed by atoms with Crippen LogP contribution in [-0.2, 0) is 4.74 Å². The van der Waals surface area contributed by atoms with E-state index in [-0.39, 0.29) is 12.1 Å². The molecule has 3 rings (SSSR count). The molecule has 0 radical (unpaired) electrons. The zero-order chi connectivity index (χ0) is 18.6. The number of carbonyl (C=O) groups is 1. The zero-order valence-electron chi connectivity index (χ0n) is 16.2. The van der Waals surface area contributed by atoms with E-state index in [0.717, 1.165) is 30.7 Å². The number of nitrogens with one attached hydrogen (secondary N) is 1. The Bertz CT molecular complexity index is 587. The van der Waals surface area contributed by atoms with E-state index in [4.69, 9.17) is 4.74 Å². The topological polar surface area (TPSA) is 41.6 Å². The van der Waals surface area contributed by atoms with E-state index in [9.17, 15) is 4.79 Å². The monoisotopic (exact) mass is 376 g/mol. The fourth-order valence-corrected chi connectivity index (χ4v) is 5.00.